The molecule has 39 heavy (non-hydrogen) atoms. The van der Waals surface area contributed by atoms with Crippen LogP contribution in [0.3, 0.4) is 0 Å². The van der Waals surface area contributed by atoms with Gasteiger partial charge in [-0.15, -0.1) is 22.0 Å². The SMILES string of the molecule is CC(C)(C)OC(=O)N[C@@H](C(=O)NC1C(=O)N2C(C(=O)O)=C(CSc3nncs3)CS[C@H]12)c1ccc(O)c(Cl)c1. The van der Waals surface area contributed by atoms with Gasteiger partial charge in [0.2, 0.25) is 5.91 Å². The highest BCUT2D eigenvalue weighted by Gasteiger charge is 2.54. The number of benzene rings is 1. The van der Waals surface area contributed by atoms with Crippen LogP contribution in [0.4, 0.5) is 4.79 Å². The number of phenolic OH excluding ortho intramolecular Hbond substituents is 1. The molecule has 2 aliphatic heterocycles. The average Bonchev–Trinajstić information content (AvgIpc) is 3.38. The fourth-order valence-electron chi connectivity index (χ4n) is 3.83. The molecule has 0 aliphatic carbocycles. The van der Waals surface area contributed by atoms with Crippen LogP contribution in [0.5, 0.6) is 5.75 Å². The summed E-state index contributed by atoms with van der Waals surface area (Å²) >= 11 is 10.0. The number of nitrogens with one attached hydrogen (secondary N) is 2. The average molecular weight is 614 g/mol. The molecule has 1 aromatic carbocycles. The van der Waals surface area contributed by atoms with E-state index >= 15 is 0 Å². The van der Waals surface area contributed by atoms with Crippen molar-refractivity contribution in [1.29, 1.82) is 0 Å². The molecule has 0 saturated carbocycles. The topological polar surface area (TPSA) is 171 Å². The van der Waals surface area contributed by atoms with Gasteiger partial charge < -0.3 is 25.6 Å². The second-order valence-corrected chi connectivity index (χ2v) is 13.0. The maximum Gasteiger partial charge on any atom is 0.408 e. The summed E-state index contributed by atoms with van der Waals surface area (Å²) in [4.78, 5) is 52.2. The van der Waals surface area contributed by atoms with Gasteiger partial charge >= 0.3 is 12.1 Å². The van der Waals surface area contributed by atoms with E-state index in [1.165, 1.54) is 58.0 Å². The fourth-order valence-corrected chi connectivity index (χ4v) is 7.00. The van der Waals surface area contributed by atoms with E-state index in [1.54, 1.807) is 26.3 Å². The van der Waals surface area contributed by atoms with Crippen LogP contribution in [0.1, 0.15) is 32.4 Å². The van der Waals surface area contributed by atoms with Crippen LogP contribution in [0.25, 0.3) is 0 Å². The van der Waals surface area contributed by atoms with Gasteiger partial charge in [-0.05, 0) is 44.0 Å². The molecule has 3 amide bonds. The molecule has 0 spiro atoms. The van der Waals surface area contributed by atoms with E-state index in [9.17, 15) is 29.4 Å². The van der Waals surface area contributed by atoms with Gasteiger partial charge in [-0.2, -0.15) is 0 Å². The lowest BCUT2D eigenvalue weighted by Gasteiger charge is -2.49. The number of aromatic hydroxyl groups is 1. The Balaban J connectivity index is 1.52. The Bertz CT molecular complexity index is 1330. The van der Waals surface area contributed by atoms with Crippen molar-refractivity contribution in [2.24, 2.45) is 0 Å². The van der Waals surface area contributed by atoms with Crippen LogP contribution < -0.4 is 10.6 Å². The van der Waals surface area contributed by atoms with Gasteiger partial charge in [0.1, 0.15) is 40.0 Å². The molecule has 1 aromatic heterocycles. The second kappa shape index (κ2) is 11.6. The molecule has 3 atom stereocenters. The van der Waals surface area contributed by atoms with Gasteiger partial charge in [0.05, 0.1) is 5.02 Å². The van der Waals surface area contributed by atoms with E-state index in [2.05, 4.69) is 20.8 Å². The number of amides is 3. The summed E-state index contributed by atoms with van der Waals surface area (Å²) in [6.45, 7) is 4.99. The highest BCUT2D eigenvalue weighted by molar-refractivity contribution is 8.01. The lowest BCUT2D eigenvalue weighted by molar-refractivity contribution is -0.151. The molecule has 208 valence electrons. The summed E-state index contributed by atoms with van der Waals surface area (Å²) in [6.07, 6.45) is -0.880. The molecule has 1 fully saturated rings. The third-order valence-corrected chi connectivity index (χ3v) is 9.07. The predicted octanol–water partition coefficient (Wildman–Crippen LogP) is 2.99. The highest BCUT2D eigenvalue weighted by atomic mass is 35.5. The third-order valence-electron chi connectivity index (χ3n) is 5.49. The van der Waals surface area contributed by atoms with Crippen LogP contribution in [-0.4, -0.2) is 77.7 Å². The molecule has 4 rings (SSSR count). The Labute approximate surface area is 240 Å². The summed E-state index contributed by atoms with van der Waals surface area (Å²) in [7, 11) is 0. The number of hydrogen-bond donors (Lipinski definition) is 4. The molecular weight excluding hydrogens is 590 g/mol. The number of hydrogen-bond acceptors (Lipinski definition) is 11. The number of alkyl carbamates (subject to hydrolysis) is 1. The number of aliphatic carboxylic acids is 1. The minimum Gasteiger partial charge on any atom is -0.506 e. The minimum absolute atomic E-state index is 0.0415. The Morgan fingerprint density at radius 3 is 2.69 bits per heavy atom. The summed E-state index contributed by atoms with van der Waals surface area (Å²) in [5.41, 5.74) is 1.42. The molecule has 12 nitrogen and oxygen atoms in total. The van der Waals surface area contributed by atoms with E-state index in [-0.39, 0.29) is 22.0 Å². The quantitative estimate of drug-likeness (QED) is 0.255. The summed E-state index contributed by atoms with van der Waals surface area (Å²) in [5.74, 6) is -2.12. The normalized spacial score (nSPS) is 19.6. The van der Waals surface area contributed by atoms with E-state index in [4.69, 9.17) is 16.3 Å². The zero-order valence-electron chi connectivity index (χ0n) is 20.8. The van der Waals surface area contributed by atoms with Crippen molar-refractivity contribution in [3.63, 3.8) is 0 Å². The number of carbonyl (C=O) groups excluding carboxylic acids is 3. The van der Waals surface area contributed by atoms with Gasteiger partial charge in [-0.3, -0.25) is 14.5 Å². The van der Waals surface area contributed by atoms with Crippen LogP contribution in [0, 0.1) is 0 Å². The summed E-state index contributed by atoms with van der Waals surface area (Å²) in [6, 6.07) is 1.65. The Hall–Kier alpha value is -3.01. The number of rotatable bonds is 8. The molecule has 1 unspecified atom stereocenters. The van der Waals surface area contributed by atoms with Crippen molar-refractivity contribution in [1.82, 2.24) is 25.7 Å². The number of nitrogens with zero attached hydrogens (tertiary/aromatic N) is 3. The number of carboxylic acids is 1. The molecule has 16 heteroatoms. The number of fused-ring (bicyclic) bond motifs is 1. The van der Waals surface area contributed by atoms with Crippen LogP contribution in [0.15, 0.2) is 39.3 Å². The third kappa shape index (κ3) is 6.59. The number of carboxylic acid groups (broad SMARTS) is 1. The van der Waals surface area contributed by atoms with Gasteiger partial charge in [0, 0.05) is 11.5 Å². The molecule has 2 aromatic rings. The summed E-state index contributed by atoms with van der Waals surface area (Å²) < 4.78 is 5.95. The number of thioether (sulfide) groups is 2. The smallest absolute Gasteiger partial charge is 0.408 e. The van der Waals surface area contributed by atoms with Gasteiger partial charge in [-0.25, -0.2) is 9.59 Å². The van der Waals surface area contributed by atoms with Gasteiger partial charge in [0.15, 0.2) is 4.34 Å². The zero-order valence-corrected chi connectivity index (χ0v) is 24.0. The Morgan fingerprint density at radius 2 is 2.08 bits per heavy atom. The first-order chi connectivity index (χ1) is 18.4. The molecule has 2 aliphatic rings. The fraction of sp³-hybridized carbons (Fsp3) is 0.391. The molecule has 0 radical (unpaired) electrons. The van der Waals surface area contributed by atoms with Crippen molar-refractivity contribution in [2.45, 2.75) is 48.2 Å². The largest absolute Gasteiger partial charge is 0.506 e. The van der Waals surface area contributed by atoms with Gasteiger partial charge in [-0.1, -0.05) is 40.8 Å². The van der Waals surface area contributed by atoms with E-state index in [1.807, 2.05) is 0 Å². The second-order valence-electron chi connectivity index (χ2n) is 9.44. The van der Waals surface area contributed by atoms with Crippen molar-refractivity contribution >= 4 is 70.3 Å². The lowest BCUT2D eigenvalue weighted by Crippen LogP contribution is -2.71. The highest BCUT2D eigenvalue weighted by Crippen LogP contribution is 2.42. The van der Waals surface area contributed by atoms with E-state index in [0.717, 1.165) is 0 Å². The van der Waals surface area contributed by atoms with Gasteiger partial charge in [0.25, 0.3) is 5.91 Å². The number of phenols is 1. The minimum atomic E-state index is -1.32. The molecular formula is C23H24ClN5O7S3. The first kappa shape index (κ1) is 29.0. The van der Waals surface area contributed by atoms with Crippen LogP contribution in [-0.2, 0) is 19.1 Å². The van der Waals surface area contributed by atoms with Crippen LogP contribution in [0.2, 0.25) is 5.02 Å². The lowest BCUT2D eigenvalue weighted by atomic mass is 10.0. The molecule has 1 saturated heterocycles. The molecule has 0 bridgehead atoms. The first-order valence-electron chi connectivity index (χ1n) is 11.4. The number of aromatic nitrogens is 2. The van der Waals surface area contributed by atoms with E-state index in [0.29, 0.717) is 21.4 Å². The maximum absolute atomic E-state index is 13.4. The molecule has 3 heterocycles. The number of carbonyl (C=O) groups is 4. The van der Waals surface area contributed by atoms with Crippen molar-refractivity contribution in [2.75, 3.05) is 11.5 Å². The Morgan fingerprint density at radius 1 is 1.33 bits per heavy atom. The Kier molecular flexibility index (Phi) is 8.63. The van der Waals surface area contributed by atoms with Crippen LogP contribution >= 0.6 is 46.5 Å². The van der Waals surface area contributed by atoms with E-state index < -0.39 is 46.9 Å². The first-order valence-corrected chi connectivity index (χ1v) is 14.7. The zero-order chi connectivity index (χ0) is 28.5. The summed E-state index contributed by atoms with van der Waals surface area (Å²) in [5, 5.41) is 31.8. The predicted molar refractivity (Wildman–Crippen MR) is 146 cm³/mol. The number of ether oxygens (including phenoxy) is 1. The number of β-lactam (4-membered cyclic amide) rings is 1. The number of halogens is 1. The monoisotopic (exact) mass is 613 g/mol. The van der Waals surface area contributed by atoms with Crippen molar-refractivity contribution in [3.8, 4) is 5.75 Å². The standard InChI is InChI=1S/C23H24ClN5O7S3/c1-23(2,3)36-21(35)27-14(10-4-5-13(30)12(24)6-10)17(31)26-15-18(32)29-16(20(33)34)11(7-37-19(15)29)8-38-22-28-25-9-39-22/h4-6,9,14-15,19,30H,7-8H2,1-3H3,(H,26,31)(H,27,35)(H,33,34)/t14-,15?,19-/m1/s1. The van der Waals surface area contributed by atoms with Crippen molar-refractivity contribution < 1.29 is 34.1 Å². The van der Waals surface area contributed by atoms with Crippen molar-refractivity contribution in [3.05, 3.63) is 45.6 Å². The maximum atomic E-state index is 13.4. The molecule has 4 N–H and O–H groups in total.